The van der Waals surface area contributed by atoms with Crippen LogP contribution in [0.1, 0.15) is 22.7 Å². The summed E-state index contributed by atoms with van der Waals surface area (Å²) < 4.78 is 17.0. The number of pyridine rings is 1. The highest BCUT2D eigenvalue weighted by Gasteiger charge is 2.30. The first-order valence-corrected chi connectivity index (χ1v) is 8.60. The molecule has 2 aromatic heterocycles. The molecule has 1 unspecified atom stereocenters. The van der Waals surface area contributed by atoms with Crippen LogP contribution in [0.5, 0.6) is 11.6 Å². The molecule has 6 nitrogen and oxygen atoms in total. The van der Waals surface area contributed by atoms with Crippen molar-refractivity contribution in [1.82, 2.24) is 9.88 Å². The fourth-order valence-corrected chi connectivity index (χ4v) is 3.22. The minimum absolute atomic E-state index is 0.0628. The molecule has 6 heteroatoms. The van der Waals surface area contributed by atoms with Crippen molar-refractivity contribution in [3.05, 3.63) is 53.9 Å². The molecule has 3 aromatic rings. The molecular weight excluding hydrogens is 332 g/mol. The number of methoxy groups -OCH3 is 1. The third-order valence-electron chi connectivity index (χ3n) is 4.52. The first-order chi connectivity index (χ1) is 12.6. The van der Waals surface area contributed by atoms with Crippen LogP contribution in [-0.4, -0.2) is 42.1 Å². The van der Waals surface area contributed by atoms with Crippen molar-refractivity contribution in [2.75, 3.05) is 20.2 Å². The first kappa shape index (κ1) is 16.4. The number of nitrogens with zero attached hydrogens (tertiary/aromatic N) is 2. The summed E-state index contributed by atoms with van der Waals surface area (Å²) in [4.78, 5) is 18.9. The molecule has 1 fully saturated rings. The summed E-state index contributed by atoms with van der Waals surface area (Å²) in [6.07, 6.45) is 0.706. The van der Waals surface area contributed by atoms with Gasteiger partial charge < -0.3 is 18.8 Å². The summed E-state index contributed by atoms with van der Waals surface area (Å²) in [6.45, 7) is 3.07. The molecule has 0 saturated carbocycles. The monoisotopic (exact) mass is 352 g/mol. The molecule has 1 saturated heterocycles. The summed E-state index contributed by atoms with van der Waals surface area (Å²) in [6, 6.07) is 13.0. The van der Waals surface area contributed by atoms with Crippen molar-refractivity contribution in [1.29, 1.82) is 0 Å². The van der Waals surface area contributed by atoms with Crippen LogP contribution >= 0.6 is 0 Å². The summed E-state index contributed by atoms with van der Waals surface area (Å²) in [5.41, 5.74) is 1.50. The smallest absolute Gasteiger partial charge is 0.289 e. The Balaban J connectivity index is 1.47. The Kier molecular flexibility index (Phi) is 4.24. The number of likely N-dealkylation sites (tertiary alicyclic amines) is 1. The maximum Gasteiger partial charge on any atom is 0.289 e. The molecule has 4 rings (SSSR count). The standard InChI is InChI=1S/C20H20N2O4/c1-13-5-3-8-18(21-13)25-15-9-10-22(12-15)20(23)17-11-14-6-4-7-16(24-2)19(14)26-17/h3-8,11,15H,9-10,12H2,1-2H3. The number of fused-ring (bicyclic) bond motifs is 1. The van der Waals surface area contributed by atoms with Gasteiger partial charge in [-0.2, -0.15) is 0 Å². The predicted octanol–water partition coefficient (Wildman–Crippen LogP) is 3.44. The third kappa shape index (κ3) is 3.10. The van der Waals surface area contributed by atoms with Crippen molar-refractivity contribution >= 4 is 16.9 Å². The summed E-state index contributed by atoms with van der Waals surface area (Å²) in [7, 11) is 1.58. The van der Waals surface area contributed by atoms with E-state index in [9.17, 15) is 4.79 Å². The van der Waals surface area contributed by atoms with Crippen molar-refractivity contribution < 1.29 is 18.7 Å². The fraction of sp³-hybridized carbons (Fsp3) is 0.300. The van der Waals surface area contributed by atoms with Gasteiger partial charge in [-0.15, -0.1) is 0 Å². The van der Waals surface area contributed by atoms with E-state index in [4.69, 9.17) is 13.9 Å². The van der Waals surface area contributed by atoms with Crippen LogP contribution in [0, 0.1) is 6.92 Å². The van der Waals surface area contributed by atoms with Gasteiger partial charge in [0.05, 0.1) is 13.7 Å². The van der Waals surface area contributed by atoms with E-state index < -0.39 is 0 Å². The summed E-state index contributed by atoms with van der Waals surface area (Å²) in [5, 5.41) is 0.851. The number of furan rings is 1. The Bertz CT molecular complexity index is 950. The molecule has 0 spiro atoms. The Morgan fingerprint density at radius 3 is 2.92 bits per heavy atom. The second-order valence-corrected chi connectivity index (χ2v) is 6.39. The molecule has 0 bridgehead atoms. The molecule has 1 aromatic carbocycles. The number of aryl methyl sites for hydroxylation is 1. The van der Waals surface area contributed by atoms with Crippen LogP contribution < -0.4 is 9.47 Å². The van der Waals surface area contributed by atoms with Gasteiger partial charge in [0.25, 0.3) is 5.91 Å². The number of carbonyl (C=O) groups is 1. The third-order valence-corrected chi connectivity index (χ3v) is 4.52. The lowest BCUT2D eigenvalue weighted by Crippen LogP contribution is -2.30. The maximum atomic E-state index is 12.8. The van der Waals surface area contributed by atoms with Crippen LogP contribution in [0.25, 0.3) is 11.0 Å². The van der Waals surface area contributed by atoms with Crippen LogP contribution in [0.3, 0.4) is 0 Å². The summed E-state index contributed by atoms with van der Waals surface area (Å²) in [5.74, 6) is 1.40. The van der Waals surface area contributed by atoms with Gasteiger partial charge in [0.1, 0.15) is 6.10 Å². The maximum absolute atomic E-state index is 12.8. The average molecular weight is 352 g/mol. The lowest BCUT2D eigenvalue weighted by Gasteiger charge is -2.15. The molecule has 0 aliphatic carbocycles. The molecule has 26 heavy (non-hydrogen) atoms. The number of rotatable bonds is 4. The number of carbonyl (C=O) groups excluding carboxylic acids is 1. The van der Waals surface area contributed by atoms with E-state index in [1.54, 1.807) is 18.1 Å². The Hall–Kier alpha value is -3.02. The number of aromatic nitrogens is 1. The quantitative estimate of drug-likeness (QED) is 0.720. The van der Waals surface area contributed by atoms with Crippen LogP contribution in [0.4, 0.5) is 0 Å². The van der Waals surface area contributed by atoms with Crippen molar-refractivity contribution in [2.45, 2.75) is 19.4 Å². The Labute approximate surface area is 151 Å². The van der Waals surface area contributed by atoms with Crippen molar-refractivity contribution in [2.24, 2.45) is 0 Å². The first-order valence-electron chi connectivity index (χ1n) is 8.60. The van der Waals surface area contributed by atoms with Gasteiger partial charge in [0.15, 0.2) is 17.1 Å². The minimum Gasteiger partial charge on any atom is -0.493 e. The van der Waals surface area contributed by atoms with Crippen molar-refractivity contribution in [3.63, 3.8) is 0 Å². The van der Waals surface area contributed by atoms with Crippen molar-refractivity contribution in [3.8, 4) is 11.6 Å². The molecule has 0 N–H and O–H groups in total. The Morgan fingerprint density at radius 1 is 1.27 bits per heavy atom. The SMILES string of the molecule is COc1cccc2cc(C(=O)N3CCC(Oc4cccc(C)n4)C3)oc12. The average Bonchev–Trinajstić information content (AvgIpc) is 3.27. The highest BCUT2D eigenvalue weighted by molar-refractivity contribution is 5.97. The van der Waals surface area contributed by atoms with E-state index in [1.165, 1.54) is 0 Å². The number of amides is 1. The number of hydrogen-bond acceptors (Lipinski definition) is 5. The molecule has 1 aliphatic rings. The second-order valence-electron chi connectivity index (χ2n) is 6.39. The van der Waals surface area contributed by atoms with Gasteiger partial charge in [-0.3, -0.25) is 4.79 Å². The van der Waals surface area contributed by atoms with Gasteiger partial charge >= 0.3 is 0 Å². The zero-order chi connectivity index (χ0) is 18.1. The number of para-hydroxylation sites is 1. The van der Waals surface area contributed by atoms with E-state index in [0.29, 0.717) is 36.1 Å². The molecule has 1 amide bonds. The number of ether oxygens (including phenoxy) is 2. The Morgan fingerprint density at radius 2 is 2.12 bits per heavy atom. The zero-order valence-corrected chi connectivity index (χ0v) is 14.8. The van der Waals surface area contributed by atoms with E-state index >= 15 is 0 Å². The normalized spacial score (nSPS) is 16.8. The van der Waals surface area contributed by atoms with E-state index in [-0.39, 0.29) is 12.0 Å². The van der Waals surface area contributed by atoms with Gasteiger partial charge in [0.2, 0.25) is 5.88 Å². The zero-order valence-electron chi connectivity index (χ0n) is 14.8. The number of benzene rings is 1. The van der Waals surface area contributed by atoms with Gasteiger partial charge in [-0.05, 0) is 25.1 Å². The molecule has 3 heterocycles. The van der Waals surface area contributed by atoms with E-state index in [0.717, 1.165) is 17.5 Å². The molecule has 1 aliphatic heterocycles. The second kappa shape index (κ2) is 6.71. The largest absolute Gasteiger partial charge is 0.493 e. The lowest BCUT2D eigenvalue weighted by atomic mass is 10.2. The number of hydrogen-bond donors (Lipinski definition) is 0. The summed E-state index contributed by atoms with van der Waals surface area (Å²) >= 11 is 0. The molecule has 134 valence electrons. The van der Waals surface area contributed by atoms with Gasteiger partial charge in [-0.25, -0.2) is 4.98 Å². The fourth-order valence-electron chi connectivity index (χ4n) is 3.22. The predicted molar refractivity (Wildman–Crippen MR) is 96.7 cm³/mol. The van der Waals surface area contributed by atoms with Crippen LogP contribution in [-0.2, 0) is 0 Å². The van der Waals surface area contributed by atoms with E-state index in [1.807, 2.05) is 43.3 Å². The molecule has 0 radical (unpaired) electrons. The van der Waals surface area contributed by atoms with Gasteiger partial charge in [-0.1, -0.05) is 18.2 Å². The molecular formula is C20H20N2O4. The highest BCUT2D eigenvalue weighted by atomic mass is 16.5. The highest BCUT2D eigenvalue weighted by Crippen LogP contribution is 2.29. The van der Waals surface area contributed by atoms with Crippen LogP contribution in [0.15, 0.2) is 46.9 Å². The minimum atomic E-state index is -0.133. The topological polar surface area (TPSA) is 64.8 Å². The van der Waals surface area contributed by atoms with Gasteiger partial charge in [0, 0.05) is 30.1 Å². The van der Waals surface area contributed by atoms with E-state index in [2.05, 4.69) is 4.98 Å². The lowest BCUT2D eigenvalue weighted by molar-refractivity contribution is 0.0742. The van der Waals surface area contributed by atoms with Crippen LogP contribution in [0.2, 0.25) is 0 Å². The molecule has 1 atom stereocenters.